The number of carboxylic acid groups (broad SMARTS) is 1. The predicted molar refractivity (Wildman–Crippen MR) is 114 cm³/mol. The standard InChI is InChI=1S/C24H22N2O5/c1-30-22-15(7-6-12-25-22)13-21(23(27)28)26-24(29)31-14-20-18-10-4-2-8-16(18)17-9-3-5-11-19(17)20/h2-12,20-21H,13-14H2,1H3,(H,26,29)(H,27,28)/t21-/m1/s1. The number of nitrogens with one attached hydrogen (secondary N) is 1. The third-order valence-electron chi connectivity index (χ3n) is 5.40. The quantitative estimate of drug-likeness (QED) is 0.608. The van der Waals surface area contributed by atoms with E-state index >= 15 is 0 Å². The van der Waals surface area contributed by atoms with Crippen molar-refractivity contribution in [3.8, 4) is 17.0 Å². The van der Waals surface area contributed by atoms with Crippen molar-refractivity contribution in [2.24, 2.45) is 0 Å². The zero-order valence-electron chi connectivity index (χ0n) is 16.9. The first-order valence-electron chi connectivity index (χ1n) is 9.90. The van der Waals surface area contributed by atoms with E-state index in [0.29, 0.717) is 11.4 Å². The maximum Gasteiger partial charge on any atom is 0.407 e. The van der Waals surface area contributed by atoms with Crippen LogP contribution in [0.15, 0.2) is 66.9 Å². The number of fused-ring (bicyclic) bond motifs is 3. The average molecular weight is 418 g/mol. The summed E-state index contributed by atoms with van der Waals surface area (Å²) in [5.74, 6) is -0.942. The number of aromatic nitrogens is 1. The lowest BCUT2D eigenvalue weighted by Crippen LogP contribution is -2.43. The van der Waals surface area contributed by atoms with Gasteiger partial charge < -0.3 is 19.9 Å². The molecule has 3 aromatic rings. The van der Waals surface area contributed by atoms with Crippen LogP contribution < -0.4 is 10.1 Å². The van der Waals surface area contributed by atoms with Crippen molar-refractivity contribution >= 4 is 12.1 Å². The van der Waals surface area contributed by atoms with Gasteiger partial charge in [0.05, 0.1) is 7.11 Å². The number of alkyl carbamates (subject to hydrolysis) is 1. The molecule has 4 rings (SSSR count). The number of hydrogen-bond donors (Lipinski definition) is 2. The van der Waals surface area contributed by atoms with Crippen LogP contribution in [0.4, 0.5) is 4.79 Å². The fourth-order valence-electron chi connectivity index (χ4n) is 3.97. The number of amides is 1. The number of carbonyl (C=O) groups is 2. The zero-order valence-corrected chi connectivity index (χ0v) is 16.9. The molecular formula is C24H22N2O5. The highest BCUT2D eigenvalue weighted by molar-refractivity contribution is 5.81. The number of hydrogen-bond acceptors (Lipinski definition) is 5. The van der Waals surface area contributed by atoms with Crippen LogP contribution in [-0.4, -0.2) is 41.9 Å². The molecule has 158 valence electrons. The maximum atomic E-state index is 12.4. The van der Waals surface area contributed by atoms with Gasteiger partial charge in [-0.25, -0.2) is 14.6 Å². The predicted octanol–water partition coefficient (Wildman–Crippen LogP) is 3.62. The minimum atomic E-state index is -1.17. The summed E-state index contributed by atoms with van der Waals surface area (Å²) in [6.45, 7) is 0.114. The Morgan fingerprint density at radius 3 is 2.29 bits per heavy atom. The fourth-order valence-corrected chi connectivity index (χ4v) is 3.97. The molecule has 1 aromatic heterocycles. The minimum absolute atomic E-state index is 0.0243. The molecule has 0 spiro atoms. The summed E-state index contributed by atoms with van der Waals surface area (Å²) < 4.78 is 10.6. The first-order valence-corrected chi connectivity index (χ1v) is 9.90. The Labute approximate surface area is 179 Å². The van der Waals surface area contributed by atoms with Crippen molar-refractivity contribution in [3.63, 3.8) is 0 Å². The third kappa shape index (κ3) is 4.21. The lowest BCUT2D eigenvalue weighted by molar-refractivity contribution is -0.139. The van der Waals surface area contributed by atoms with E-state index in [2.05, 4.69) is 22.4 Å². The highest BCUT2D eigenvalue weighted by Gasteiger charge is 2.30. The Morgan fingerprint density at radius 1 is 1.03 bits per heavy atom. The lowest BCUT2D eigenvalue weighted by atomic mass is 9.98. The number of carboxylic acids is 1. The van der Waals surface area contributed by atoms with Crippen LogP contribution in [-0.2, 0) is 16.0 Å². The van der Waals surface area contributed by atoms with E-state index in [0.717, 1.165) is 22.3 Å². The summed E-state index contributed by atoms with van der Waals surface area (Å²) in [5, 5.41) is 12.0. The molecule has 7 heteroatoms. The summed E-state index contributed by atoms with van der Waals surface area (Å²) in [7, 11) is 1.46. The van der Waals surface area contributed by atoms with Crippen LogP contribution in [0.5, 0.6) is 5.88 Å². The van der Waals surface area contributed by atoms with Crippen molar-refractivity contribution < 1.29 is 24.2 Å². The van der Waals surface area contributed by atoms with Gasteiger partial charge in [-0.1, -0.05) is 54.6 Å². The Morgan fingerprint density at radius 2 is 1.68 bits per heavy atom. The molecule has 1 aliphatic carbocycles. The fraction of sp³-hybridized carbons (Fsp3) is 0.208. The topological polar surface area (TPSA) is 97.8 Å². The van der Waals surface area contributed by atoms with Gasteiger partial charge in [-0.05, 0) is 28.3 Å². The largest absolute Gasteiger partial charge is 0.481 e. The average Bonchev–Trinajstić information content (AvgIpc) is 3.11. The third-order valence-corrected chi connectivity index (χ3v) is 5.40. The minimum Gasteiger partial charge on any atom is -0.481 e. The van der Waals surface area contributed by atoms with E-state index in [1.807, 2.05) is 36.4 Å². The van der Waals surface area contributed by atoms with Crippen molar-refractivity contribution in [2.75, 3.05) is 13.7 Å². The Bertz CT molecular complexity index is 1070. The molecule has 1 atom stereocenters. The molecule has 1 heterocycles. The molecule has 0 radical (unpaired) electrons. The SMILES string of the molecule is COc1ncccc1C[C@@H](NC(=O)OCC1c2ccccc2-c2ccccc21)C(=O)O. The molecule has 0 aliphatic heterocycles. The molecule has 7 nitrogen and oxygen atoms in total. The van der Waals surface area contributed by atoms with Crippen LogP contribution in [0.2, 0.25) is 0 Å². The molecule has 0 unspecified atom stereocenters. The molecule has 0 saturated heterocycles. The summed E-state index contributed by atoms with van der Waals surface area (Å²) in [6, 6.07) is 18.3. The van der Waals surface area contributed by atoms with Crippen molar-refractivity contribution in [1.29, 1.82) is 0 Å². The molecule has 1 amide bonds. The summed E-state index contributed by atoms with van der Waals surface area (Å²) >= 11 is 0. The van der Waals surface area contributed by atoms with Gasteiger partial charge in [0.15, 0.2) is 0 Å². The van der Waals surface area contributed by atoms with Crippen molar-refractivity contribution in [2.45, 2.75) is 18.4 Å². The van der Waals surface area contributed by atoms with Crippen LogP contribution >= 0.6 is 0 Å². The lowest BCUT2D eigenvalue weighted by Gasteiger charge is -2.18. The van der Waals surface area contributed by atoms with Crippen LogP contribution in [0.1, 0.15) is 22.6 Å². The maximum absolute atomic E-state index is 12.4. The molecule has 2 aromatic carbocycles. The summed E-state index contributed by atoms with van der Waals surface area (Å²) in [6.07, 6.45) is 0.797. The first kappa shape index (κ1) is 20.4. The number of rotatable bonds is 7. The summed E-state index contributed by atoms with van der Waals surface area (Å²) in [5.41, 5.74) is 5.01. The van der Waals surface area contributed by atoms with E-state index in [1.54, 1.807) is 18.3 Å². The second-order valence-corrected chi connectivity index (χ2v) is 7.24. The number of pyridine rings is 1. The first-order chi connectivity index (χ1) is 15.1. The van der Waals surface area contributed by atoms with Gasteiger partial charge in [0.2, 0.25) is 5.88 Å². The van der Waals surface area contributed by atoms with Crippen LogP contribution in [0.3, 0.4) is 0 Å². The Hall–Kier alpha value is -3.87. The van der Waals surface area contributed by atoms with E-state index in [4.69, 9.17) is 9.47 Å². The highest BCUT2D eigenvalue weighted by Crippen LogP contribution is 2.44. The normalized spacial score (nSPS) is 13.1. The molecular weight excluding hydrogens is 396 g/mol. The molecule has 31 heavy (non-hydrogen) atoms. The van der Waals surface area contributed by atoms with E-state index in [1.165, 1.54) is 7.11 Å². The number of benzene rings is 2. The highest BCUT2D eigenvalue weighted by atomic mass is 16.5. The summed E-state index contributed by atoms with van der Waals surface area (Å²) in [4.78, 5) is 28.2. The van der Waals surface area contributed by atoms with Gasteiger partial charge in [0, 0.05) is 24.1 Å². The van der Waals surface area contributed by atoms with Gasteiger partial charge in [0.25, 0.3) is 0 Å². The molecule has 0 saturated carbocycles. The number of nitrogens with zero attached hydrogens (tertiary/aromatic N) is 1. The van der Waals surface area contributed by atoms with Crippen molar-refractivity contribution in [1.82, 2.24) is 10.3 Å². The van der Waals surface area contributed by atoms with Crippen molar-refractivity contribution in [3.05, 3.63) is 83.6 Å². The van der Waals surface area contributed by atoms with Gasteiger partial charge in [-0.2, -0.15) is 0 Å². The molecule has 0 fully saturated rings. The Balaban J connectivity index is 1.44. The van der Waals surface area contributed by atoms with Gasteiger partial charge in [-0.3, -0.25) is 0 Å². The second kappa shape index (κ2) is 8.87. The number of aliphatic carboxylic acids is 1. The Kier molecular flexibility index (Phi) is 5.84. The van der Waals surface area contributed by atoms with E-state index in [-0.39, 0.29) is 18.9 Å². The number of carbonyl (C=O) groups excluding carboxylic acids is 1. The number of methoxy groups -OCH3 is 1. The van der Waals surface area contributed by atoms with E-state index < -0.39 is 18.1 Å². The van der Waals surface area contributed by atoms with Gasteiger partial charge in [-0.15, -0.1) is 0 Å². The van der Waals surface area contributed by atoms with E-state index in [9.17, 15) is 14.7 Å². The monoisotopic (exact) mass is 418 g/mol. The second-order valence-electron chi connectivity index (χ2n) is 7.24. The van der Waals surface area contributed by atoms with Crippen LogP contribution in [0.25, 0.3) is 11.1 Å². The molecule has 2 N–H and O–H groups in total. The van der Waals surface area contributed by atoms with Gasteiger partial charge in [0.1, 0.15) is 12.6 Å². The number of ether oxygens (including phenoxy) is 2. The van der Waals surface area contributed by atoms with Gasteiger partial charge >= 0.3 is 12.1 Å². The molecule has 0 bridgehead atoms. The smallest absolute Gasteiger partial charge is 0.407 e. The molecule has 1 aliphatic rings. The zero-order chi connectivity index (χ0) is 21.8. The van der Waals surface area contributed by atoms with Crippen LogP contribution in [0, 0.1) is 0 Å².